The second kappa shape index (κ2) is 9.74. The molecule has 1 aliphatic rings. The second-order valence-electron chi connectivity index (χ2n) is 8.87. The van der Waals surface area contributed by atoms with E-state index in [4.69, 9.17) is 4.74 Å². The maximum atomic E-state index is 13.3. The van der Waals surface area contributed by atoms with Crippen molar-refractivity contribution in [3.8, 4) is 11.5 Å². The molecule has 0 radical (unpaired) electrons. The molecule has 0 bridgehead atoms. The smallest absolute Gasteiger partial charge is 0.295 e. The minimum absolute atomic E-state index is 0.0334. The number of phenols is 1. The highest BCUT2D eigenvalue weighted by molar-refractivity contribution is 6.46. The van der Waals surface area contributed by atoms with Crippen molar-refractivity contribution in [3.63, 3.8) is 0 Å². The lowest BCUT2D eigenvalue weighted by atomic mass is 9.95. The van der Waals surface area contributed by atoms with Gasteiger partial charge in [-0.15, -0.1) is 0 Å². The number of carbonyl (C=O) groups excluding carboxylic acids is 2. The van der Waals surface area contributed by atoms with Gasteiger partial charge in [0.05, 0.1) is 23.6 Å². The zero-order valence-corrected chi connectivity index (χ0v) is 20.2. The molecule has 1 atom stereocenters. The van der Waals surface area contributed by atoms with E-state index in [2.05, 4.69) is 4.98 Å². The van der Waals surface area contributed by atoms with Crippen LogP contribution in [0, 0.1) is 10.1 Å². The molecule has 38 heavy (non-hydrogen) atoms. The Morgan fingerprint density at radius 2 is 1.89 bits per heavy atom. The van der Waals surface area contributed by atoms with Crippen LogP contribution in [0.4, 0.5) is 5.69 Å². The highest BCUT2D eigenvalue weighted by Crippen LogP contribution is 2.40. The molecule has 0 spiro atoms. The third-order valence-corrected chi connectivity index (χ3v) is 6.65. The number of benzene rings is 3. The lowest BCUT2D eigenvalue weighted by Crippen LogP contribution is -2.31. The van der Waals surface area contributed by atoms with Crippen LogP contribution in [0.5, 0.6) is 11.5 Å². The normalized spacial score (nSPS) is 16.8. The number of non-ortho nitro benzene ring substituents is 1. The van der Waals surface area contributed by atoms with Gasteiger partial charge < -0.3 is 24.8 Å². The summed E-state index contributed by atoms with van der Waals surface area (Å²) in [7, 11) is 1.57. The van der Waals surface area contributed by atoms with Gasteiger partial charge >= 0.3 is 0 Å². The van der Waals surface area contributed by atoms with Gasteiger partial charge in [0.2, 0.25) is 0 Å². The first-order valence-corrected chi connectivity index (χ1v) is 11.7. The molecule has 1 fully saturated rings. The zero-order chi connectivity index (χ0) is 27.0. The molecule has 10 nitrogen and oxygen atoms in total. The molecule has 1 aliphatic heterocycles. The van der Waals surface area contributed by atoms with E-state index in [9.17, 15) is 29.9 Å². The Labute approximate surface area is 216 Å². The molecule has 10 heteroatoms. The van der Waals surface area contributed by atoms with Crippen LogP contribution in [0.25, 0.3) is 16.7 Å². The fourth-order valence-electron chi connectivity index (χ4n) is 4.81. The van der Waals surface area contributed by atoms with Crippen molar-refractivity contribution < 1.29 is 29.5 Å². The summed E-state index contributed by atoms with van der Waals surface area (Å²) < 4.78 is 5.32. The van der Waals surface area contributed by atoms with Gasteiger partial charge in [-0.3, -0.25) is 19.7 Å². The van der Waals surface area contributed by atoms with Crippen molar-refractivity contribution in [1.82, 2.24) is 9.88 Å². The van der Waals surface area contributed by atoms with Crippen LogP contribution in [0.15, 0.2) is 78.5 Å². The number of rotatable bonds is 7. The minimum Gasteiger partial charge on any atom is -0.508 e. The number of nitro groups is 1. The van der Waals surface area contributed by atoms with Gasteiger partial charge in [0, 0.05) is 41.3 Å². The van der Waals surface area contributed by atoms with E-state index in [1.165, 1.54) is 35.2 Å². The highest BCUT2D eigenvalue weighted by atomic mass is 16.6. The number of ketones is 1. The van der Waals surface area contributed by atoms with Crippen molar-refractivity contribution >= 4 is 34.0 Å². The number of Topliss-reactive ketones (excluding diaryl/α,β-unsaturated/α-hetero) is 1. The summed E-state index contributed by atoms with van der Waals surface area (Å²) >= 11 is 0. The van der Waals surface area contributed by atoms with Crippen molar-refractivity contribution in [2.24, 2.45) is 0 Å². The van der Waals surface area contributed by atoms with Crippen LogP contribution >= 0.6 is 0 Å². The lowest BCUT2D eigenvalue weighted by molar-refractivity contribution is -0.384. The molecule has 3 aromatic carbocycles. The van der Waals surface area contributed by atoms with Crippen LogP contribution in [-0.2, 0) is 16.0 Å². The average Bonchev–Trinajstić information content (AvgIpc) is 3.44. The number of likely N-dealkylation sites (tertiary alicyclic amines) is 1. The van der Waals surface area contributed by atoms with Crippen molar-refractivity contribution in [3.05, 3.63) is 105 Å². The Kier molecular flexibility index (Phi) is 6.29. The third-order valence-electron chi connectivity index (χ3n) is 6.65. The summed E-state index contributed by atoms with van der Waals surface area (Å²) in [5.41, 5.74) is 1.75. The summed E-state index contributed by atoms with van der Waals surface area (Å²) in [6.07, 6.45) is 2.21. The number of phenolic OH excluding ortho intramolecular Hbond substituents is 1. The number of aromatic amines is 1. The zero-order valence-electron chi connectivity index (χ0n) is 20.2. The van der Waals surface area contributed by atoms with E-state index < -0.39 is 28.4 Å². The first-order chi connectivity index (χ1) is 18.3. The number of aliphatic hydroxyl groups excluding tert-OH is 1. The molecule has 0 saturated carbocycles. The molecule has 1 unspecified atom stereocenters. The molecule has 1 saturated heterocycles. The fraction of sp³-hybridized carbons (Fsp3) is 0.143. The number of nitro benzene ring substituents is 1. The van der Waals surface area contributed by atoms with E-state index >= 15 is 0 Å². The van der Waals surface area contributed by atoms with Crippen molar-refractivity contribution in [1.29, 1.82) is 0 Å². The molecule has 3 N–H and O–H groups in total. The molecule has 5 rings (SSSR count). The first kappa shape index (κ1) is 24.6. The summed E-state index contributed by atoms with van der Waals surface area (Å²) in [5, 5.41) is 33.5. The van der Waals surface area contributed by atoms with E-state index in [0.29, 0.717) is 17.7 Å². The van der Waals surface area contributed by atoms with Gasteiger partial charge in [0.25, 0.3) is 17.4 Å². The van der Waals surface area contributed by atoms with Gasteiger partial charge in [-0.25, -0.2) is 0 Å². The molecular weight excluding hydrogens is 490 g/mol. The van der Waals surface area contributed by atoms with Gasteiger partial charge in [-0.05, 0) is 47.9 Å². The number of nitrogens with zero attached hydrogens (tertiary/aromatic N) is 2. The average molecular weight is 514 g/mol. The van der Waals surface area contributed by atoms with E-state index in [1.54, 1.807) is 19.2 Å². The Hall–Kier alpha value is -5.12. The van der Waals surface area contributed by atoms with Crippen LogP contribution in [0.2, 0.25) is 0 Å². The van der Waals surface area contributed by atoms with Crippen LogP contribution in [0.1, 0.15) is 22.7 Å². The van der Waals surface area contributed by atoms with Gasteiger partial charge in [-0.1, -0.05) is 24.3 Å². The number of fused-ring (bicyclic) bond motifs is 1. The number of hydrogen-bond donors (Lipinski definition) is 3. The predicted molar refractivity (Wildman–Crippen MR) is 139 cm³/mol. The van der Waals surface area contributed by atoms with Crippen LogP contribution in [-0.4, -0.2) is 50.4 Å². The maximum absolute atomic E-state index is 13.3. The molecule has 2 heterocycles. The lowest BCUT2D eigenvalue weighted by Gasteiger charge is -2.25. The van der Waals surface area contributed by atoms with Crippen LogP contribution < -0.4 is 4.74 Å². The Bertz CT molecular complexity index is 1620. The Morgan fingerprint density at radius 1 is 1.11 bits per heavy atom. The molecule has 1 amide bonds. The largest absolute Gasteiger partial charge is 0.508 e. The molecular formula is C28H23N3O7. The number of methoxy groups -OCH3 is 1. The number of aromatic hydroxyl groups is 1. The van der Waals surface area contributed by atoms with Crippen molar-refractivity contribution in [2.45, 2.75) is 12.5 Å². The second-order valence-corrected chi connectivity index (χ2v) is 8.87. The molecule has 192 valence electrons. The number of ether oxygens (including phenoxy) is 1. The monoisotopic (exact) mass is 513 g/mol. The molecule has 1 aromatic heterocycles. The standard InChI is InChI=1S/C28H23N3O7/c1-38-21-8-9-23-22(14-21)18(15-29-23)10-11-30-25(16-4-3-7-20(32)13-16)24(27(34)28(30)35)26(33)17-5-2-6-19(12-17)31(36)37/h2-9,12-15,25,29,32-33H,10-11H2,1H3/b26-24-. The van der Waals surface area contributed by atoms with Crippen LogP contribution in [0.3, 0.4) is 0 Å². The SMILES string of the molecule is COc1ccc2[nH]cc(CCN3C(=O)C(=O)/C(=C(\O)c4cccc([N+](=O)[O-])c4)C3c3cccc(O)c3)c2c1. The molecule has 4 aromatic rings. The summed E-state index contributed by atoms with van der Waals surface area (Å²) in [5.74, 6) is -1.66. The number of amides is 1. The quantitative estimate of drug-likeness (QED) is 0.109. The number of hydrogen-bond acceptors (Lipinski definition) is 7. The maximum Gasteiger partial charge on any atom is 0.295 e. The highest BCUT2D eigenvalue weighted by Gasteiger charge is 2.46. The Balaban J connectivity index is 1.57. The summed E-state index contributed by atoms with van der Waals surface area (Å²) in [6.45, 7) is 0.126. The van der Waals surface area contributed by atoms with Gasteiger partial charge in [-0.2, -0.15) is 0 Å². The first-order valence-electron chi connectivity index (χ1n) is 11.7. The number of H-pyrrole nitrogens is 1. The van der Waals surface area contributed by atoms with E-state index in [0.717, 1.165) is 22.5 Å². The van der Waals surface area contributed by atoms with E-state index in [1.807, 2.05) is 24.4 Å². The number of aromatic nitrogens is 1. The number of nitrogens with one attached hydrogen (secondary N) is 1. The molecule has 0 aliphatic carbocycles. The predicted octanol–water partition coefficient (Wildman–Crippen LogP) is 4.45. The topological polar surface area (TPSA) is 146 Å². The van der Waals surface area contributed by atoms with Gasteiger partial charge in [0.1, 0.15) is 17.3 Å². The number of aliphatic hydroxyl groups is 1. The van der Waals surface area contributed by atoms with Crippen molar-refractivity contribution in [2.75, 3.05) is 13.7 Å². The third kappa shape index (κ3) is 4.32. The minimum atomic E-state index is -1.01. The Morgan fingerprint density at radius 3 is 2.63 bits per heavy atom. The number of carbonyl (C=O) groups is 2. The van der Waals surface area contributed by atoms with Gasteiger partial charge in [0.15, 0.2) is 0 Å². The summed E-state index contributed by atoms with van der Waals surface area (Å²) in [4.78, 5) is 41.7. The summed E-state index contributed by atoms with van der Waals surface area (Å²) in [6, 6.07) is 15.9. The fourth-order valence-corrected chi connectivity index (χ4v) is 4.81. The van der Waals surface area contributed by atoms with E-state index in [-0.39, 0.29) is 29.1 Å².